The number of nitrogens with zero attached hydrogens (tertiary/aromatic N) is 5. The molecule has 0 unspecified atom stereocenters. The number of hydrogen-bond donors (Lipinski definition) is 3. The molecule has 1 fully saturated rings. The average molecular weight is 483 g/mol. The molecule has 6 rings (SSSR count). The molecule has 1 aromatic carbocycles. The van der Waals surface area contributed by atoms with Crippen molar-refractivity contribution in [1.29, 1.82) is 0 Å². The molecule has 1 aliphatic carbocycles. The van der Waals surface area contributed by atoms with Crippen LogP contribution in [0.3, 0.4) is 0 Å². The van der Waals surface area contributed by atoms with E-state index in [1.165, 1.54) is 11.1 Å². The minimum absolute atomic E-state index is 0. The molecule has 33 heavy (non-hydrogen) atoms. The number of aromatic nitrogens is 5. The monoisotopic (exact) mass is 482 g/mol. The van der Waals surface area contributed by atoms with E-state index >= 15 is 0 Å². The Bertz CT molecular complexity index is 1330. The van der Waals surface area contributed by atoms with Crippen LogP contribution in [0.25, 0.3) is 22.4 Å². The fraction of sp³-hybridized carbons (Fsp3) is 0.304. The van der Waals surface area contributed by atoms with Gasteiger partial charge in [-0.1, -0.05) is 35.9 Å². The molecule has 10 heteroatoms. The molecule has 0 bridgehead atoms. The molecule has 1 atom stereocenters. The van der Waals surface area contributed by atoms with E-state index in [-0.39, 0.29) is 29.7 Å². The Morgan fingerprint density at radius 1 is 1.12 bits per heavy atom. The molecule has 3 aromatic heterocycles. The van der Waals surface area contributed by atoms with Crippen molar-refractivity contribution in [1.82, 2.24) is 25.1 Å². The molecule has 8 nitrogen and oxygen atoms in total. The number of nitrogens with one attached hydrogen (secondary N) is 1. The van der Waals surface area contributed by atoms with Gasteiger partial charge in [0.25, 0.3) is 0 Å². The number of fused-ring (bicyclic) bond motifs is 2. The highest BCUT2D eigenvalue weighted by Crippen LogP contribution is 2.50. The van der Waals surface area contributed by atoms with Crippen LogP contribution in [-0.2, 0) is 6.42 Å². The van der Waals surface area contributed by atoms with E-state index in [1.54, 1.807) is 18.5 Å². The predicted molar refractivity (Wildman–Crippen MR) is 133 cm³/mol. The van der Waals surface area contributed by atoms with Crippen molar-refractivity contribution in [2.45, 2.75) is 25.3 Å². The summed E-state index contributed by atoms with van der Waals surface area (Å²) >= 11 is 6.34. The second kappa shape index (κ2) is 8.13. The third kappa shape index (κ3) is 3.40. The number of halogens is 2. The lowest BCUT2D eigenvalue weighted by molar-refractivity contribution is 0.187. The summed E-state index contributed by atoms with van der Waals surface area (Å²) in [5, 5.41) is 7.75. The Labute approximate surface area is 202 Å². The highest BCUT2D eigenvalue weighted by atomic mass is 35.5. The lowest BCUT2D eigenvalue weighted by Gasteiger charge is -2.42. The largest absolute Gasteiger partial charge is 0.382 e. The quantitative estimate of drug-likeness (QED) is 0.395. The summed E-state index contributed by atoms with van der Waals surface area (Å²) in [4.78, 5) is 15.7. The van der Waals surface area contributed by atoms with Crippen molar-refractivity contribution < 1.29 is 0 Å². The number of aromatic amines is 1. The van der Waals surface area contributed by atoms with Gasteiger partial charge in [0.2, 0.25) is 5.65 Å². The first-order valence-corrected chi connectivity index (χ1v) is 11.1. The Morgan fingerprint density at radius 3 is 2.70 bits per heavy atom. The Kier molecular flexibility index (Phi) is 5.39. The fourth-order valence-corrected chi connectivity index (χ4v) is 5.47. The summed E-state index contributed by atoms with van der Waals surface area (Å²) in [5.74, 6) is 1.10. The molecule has 0 amide bonds. The summed E-state index contributed by atoms with van der Waals surface area (Å²) in [5.41, 5.74) is 18.0. The maximum Gasteiger partial charge on any atom is 0.202 e. The lowest BCUT2D eigenvalue weighted by atomic mass is 9.73. The number of H-pyrrole nitrogens is 1. The van der Waals surface area contributed by atoms with Crippen molar-refractivity contribution in [2.24, 2.45) is 11.1 Å². The zero-order valence-electron chi connectivity index (χ0n) is 17.8. The fourth-order valence-electron chi connectivity index (χ4n) is 5.27. The van der Waals surface area contributed by atoms with Crippen LogP contribution in [0.2, 0.25) is 5.02 Å². The van der Waals surface area contributed by atoms with E-state index in [0.717, 1.165) is 38.2 Å². The number of nitrogens with two attached hydrogens (primary N) is 2. The van der Waals surface area contributed by atoms with Gasteiger partial charge in [0, 0.05) is 30.9 Å². The zero-order chi connectivity index (χ0) is 21.9. The molecule has 1 saturated heterocycles. The molecule has 170 valence electrons. The molecule has 5 N–H and O–H groups in total. The molecular formula is C23H24Cl2N8. The van der Waals surface area contributed by atoms with Crippen LogP contribution in [0.15, 0.2) is 42.7 Å². The maximum absolute atomic E-state index is 6.71. The summed E-state index contributed by atoms with van der Waals surface area (Å²) in [6, 6.07) is 10.5. The number of piperidine rings is 1. The van der Waals surface area contributed by atoms with Crippen LogP contribution in [0, 0.1) is 5.41 Å². The molecule has 4 aromatic rings. The van der Waals surface area contributed by atoms with Gasteiger partial charge < -0.3 is 16.4 Å². The minimum Gasteiger partial charge on any atom is -0.382 e. The van der Waals surface area contributed by atoms with Crippen LogP contribution in [-0.4, -0.2) is 38.2 Å². The molecule has 0 radical (unpaired) electrons. The van der Waals surface area contributed by atoms with Crippen molar-refractivity contribution >= 4 is 46.8 Å². The zero-order valence-corrected chi connectivity index (χ0v) is 19.4. The van der Waals surface area contributed by atoms with Crippen molar-refractivity contribution in [3.63, 3.8) is 0 Å². The Balaban J connectivity index is 0.00000228. The molecule has 0 saturated carbocycles. The van der Waals surface area contributed by atoms with E-state index in [2.05, 4.69) is 49.3 Å². The second-order valence-corrected chi connectivity index (χ2v) is 9.14. The van der Waals surface area contributed by atoms with Crippen molar-refractivity contribution in [3.8, 4) is 11.3 Å². The number of anilines is 2. The van der Waals surface area contributed by atoms with Crippen molar-refractivity contribution in [2.75, 3.05) is 23.7 Å². The molecule has 1 spiro atoms. The Morgan fingerprint density at radius 2 is 1.91 bits per heavy atom. The molecular weight excluding hydrogens is 459 g/mol. The topological polar surface area (TPSA) is 123 Å². The van der Waals surface area contributed by atoms with Crippen molar-refractivity contribution in [3.05, 3.63) is 58.9 Å². The number of nitrogen functional groups attached to an aromatic ring is 1. The van der Waals surface area contributed by atoms with Gasteiger partial charge in [-0.25, -0.2) is 15.0 Å². The smallest absolute Gasteiger partial charge is 0.202 e. The first-order valence-electron chi connectivity index (χ1n) is 10.8. The van der Waals surface area contributed by atoms with Gasteiger partial charge in [-0.2, -0.15) is 5.10 Å². The van der Waals surface area contributed by atoms with Gasteiger partial charge >= 0.3 is 0 Å². The lowest BCUT2D eigenvalue weighted by Crippen LogP contribution is -2.44. The summed E-state index contributed by atoms with van der Waals surface area (Å²) in [7, 11) is 0. The third-order valence-electron chi connectivity index (χ3n) is 7.11. The number of rotatable bonds is 2. The van der Waals surface area contributed by atoms with Gasteiger partial charge in [0.1, 0.15) is 17.2 Å². The van der Waals surface area contributed by atoms with Crippen LogP contribution >= 0.6 is 24.0 Å². The number of benzene rings is 1. The van der Waals surface area contributed by atoms with E-state index < -0.39 is 0 Å². The van der Waals surface area contributed by atoms with E-state index in [4.69, 9.17) is 28.1 Å². The predicted octanol–water partition coefficient (Wildman–Crippen LogP) is 3.92. The molecule has 1 aliphatic heterocycles. The van der Waals surface area contributed by atoms with Crippen LogP contribution in [0.4, 0.5) is 11.6 Å². The van der Waals surface area contributed by atoms with E-state index in [0.29, 0.717) is 27.4 Å². The molecule has 4 heterocycles. The normalized spacial score (nSPS) is 19.0. The van der Waals surface area contributed by atoms with E-state index in [1.807, 2.05) is 0 Å². The second-order valence-electron chi connectivity index (χ2n) is 8.76. The average Bonchev–Trinajstić information content (AvgIpc) is 3.35. The summed E-state index contributed by atoms with van der Waals surface area (Å²) in [6.07, 6.45) is 6.53. The van der Waals surface area contributed by atoms with Crippen LogP contribution in [0.5, 0.6) is 0 Å². The Hall–Kier alpha value is -2.94. The SMILES string of the molecule is Cl.Nc1nccc(-c2[nH]nc3nc(N4CCC5(CC4)Cc4ccccc4[C@H]5N)cnc23)c1Cl. The van der Waals surface area contributed by atoms with Gasteiger partial charge in [-0.3, -0.25) is 5.10 Å². The van der Waals surface area contributed by atoms with Gasteiger partial charge in [-0.15, -0.1) is 12.4 Å². The first-order chi connectivity index (χ1) is 15.6. The van der Waals surface area contributed by atoms with Gasteiger partial charge in [-0.05, 0) is 41.9 Å². The third-order valence-corrected chi connectivity index (χ3v) is 7.51. The van der Waals surface area contributed by atoms with E-state index in [9.17, 15) is 0 Å². The number of pyridine rings is 1. The van der Waals surface area contributed by atoms with Gasteiger partial charge in [0.15, 0.2) is 0 Å². The number of hydrogen-bond acceptors (Lipinski definition) is 7. The van der Waals surface area contributed by atoms with Crippen LogP contribution < -0.4 is 16.4 Å². The highest BCUT2D eigenvalue weighted by Gasteiger charge is 2.45. The minimum atomic E-state index is 0. The highest BCUT2D eigenvalue weighted by molar-refractivity contribution is 6.35. The van der Waals surface area contributed by atoms with Gasteiger partial charge in [0.05, 0.1) is 16.9 Å². The standard InChI is InChI=1S/C23H23ClN8.ClH/c24-17-15(5-8-27-21(17)26)18-19-22(31-30-18)29-16(12-28-19)32-9-6-23(7-10-32)11-13-3-1-2-4-14(13)20(23)25;/h1-5,8,12,20H,6-7,9-11,25H2,(H2,26,27)(H,29,30,31);1H/t20-;/m1./s1. The summed E-state index contributed by atoms with van der Waals surface area (Å²) in [6.45, 7) is 1.79. The van der Waals surface area contributed by atoms with Crippen LogP contribution in [0.1, 0.15) is 30.0 Å². The first kappa shape index (κ1) is 21.9. The molecule has 2 aliphatic rings. The summed E-state index contributed by atoms with van der Waals surface area (Å²) < 4.78 is 0. The maximum atomic E-state index is 6.71.